The molecule has 8 heteroatoms. The number of aryl methyl sites for hydroxylation is 1. The van der Waals surface area contributed by atoms with E-state index in [1.54, 1.807) is 47.8 Å². The molecular formula is C27H23N3O3S2. The van der Waals surface area contributed by atoms with Gasteiger partial charge in [0.2, 0.25) is 5.91 Å². The van der Waals surface area contributed by atoms with Crippen molar-refractivity contribution in [1.82, 2.24) is 4.98 Å². The van der Waals surface area contributed by atoms with Crippen LogP contribution in [0.25, 0.3) is 11.3 Å². The van der Waals surface area contributed by atoms with Crippen molar-refractivity contribution in [2.45, 2.75) is 24.7 Å². The van der Waals surface area contributed by atoms with Gasteiger partial charge in [0.05, 0.1) is 10.6 Å². The lowest BCUT2D eigenvalue weighted by atomic mass is 10.1. The molecule has 0 aliphatic rings. The molecule has 0 unspecified atom stereocenters. The van der Waals surface area contributed by atoms with Gasteiger partial charge in [-0.15, -0.1) is 11.3 Å². The highest BCUT2D eigenvalue weighted by Crippen LogP contribution is 2.27. The van der Waals surface area contributed by atoms with Crippen LogP contribution in [0.4, 0.5) is 10.8 Å². The Hall–Kier alpha value is -3.93. The molecule has 0 aliphatic carbocycles. The van der Waals surface area contributed by atoms with Crippen LogP contribution < -0.4 is 10.0 Å². The monoisotopic (exact) mass is 501 g/mol. The van der Waals surface area contributed by atoms with Gasteiger partial charge in [0, 0.05) is 35.5 Å². The first-order chi connectivity index (χ1) is 16.9. The molecule has 4 aromatic rings. The minimum absolute atomic E-state index is 0.152. The Labute approximate surface area is 209 Å². The zero-order valence-electron chi connectivity index (χ0n) is 19.0. The number of aromatic nitrogens is 1. The van der Waals surface area contributed by atoms with Crippen molar-refractivity contribution in [2.75, 3.05) is 10.0 Å². The molecular weight excluding hydrogens is 478 g/mol. The Morgan fingerprint density at radius 2 is 1.77 bits per heavy atom. The fraction of sp³-hybridized carbons (Fsp3) is 0.111. The van der Waals surface area contributed by atoms with Crippen molar-refractivity contribution in [3.63, 3.8) is 0 Å². The van der Waals surface area contributed by atoms with E-state index in [0.29, 0.717) is 16.5 Å². The van der Waals surface area contributed by atoms with E-state index in [0.717, 1.165) is 24.0 Å². The van der Waals surface area contributed by atoms with Crippen molar-refractivity contribution in [3.8, 4) is 23.1 Å². The quantitative estimate of drug-likeness (QED) is 0.325. The number of benzene rings is 3. The molecule has 176 valence electrons. The number of sulfonamides is 1. The lowest BCUT2D eigenvalue weighted by Crippen LogP contribution is -2.12. The first-order valence-corrected chi connectivity index (χ1v) is 13.2. The summed E-state index contributed by atoms with van der Waals surface area (Å²) in [4.78, 5) is 15.7. The van der Waals surface area contributed by atoms with E-state index >= 15 is 0 Å². The van der Waals surface area contributed by atoms with Gasteiger partial charge in [0.1, 0.15) is 0 Å². The summed E-state index contributed by atoms with van der Waals surface area (Å²) in [5.41, 5.74) is 3.80. The standard InChI is InChI=1S/C27H23N3O3S2/c1-20(31)28-27-29-26(19-34-27)23-12-7-13-24(18-23)30-35(32,33)25-16-14-22(15-17-25)11-6-5-10-21-8-3-2-4-9-21/h2-4,7-9,12-19,30H,5,10H2,1H3,(H,28,29,31). The first kappa shape index (κ1) is 24.2. The van der Waals surface area contributed by atoms with E-state index in [1.165, 1.54) is 23.8 Å². The number of anilines is 2. The van der Waals surface area contributed by atoms with Gasteiger partial charge in [-0.1, -0.05) is 54.3 Å². The highest BCUT2D eigenvalue weighted by Gasteiger charge is 2.15. The Kier molecular flexibility index (Phi) is 7.60. The van der Waals surface area contributed by atoms with E-state index in [4.69, 9.17) is 0 Å². The van der Waals surface area contributed by atoms with Gasteiger partial charge in [-0.25, -0.2) is 13.4 Å². The van der Waals surface area contributed by atoms with Crippen LogP contribution in [0, 0.1) is 11.8 Å². The second-order valence-corrected chi connectivity index (χ2v) is 10.3. The Bertz CT molecular complexity index is 1480. The molecule has 1 aromatic heterocycles. The van der Waals surface area contributed by atoms with Crippen molar-refractivity contribution < 1.29 is 13.2 Å². The van der Waals surface area contributed by atoms with Gasteiger partial charge in [-0.3, -0.25) is 9.52 Å². The zero-order chi connectivity index (χ0) is 24.7. The molecule has 0 atom stereocenters. The summed E-state index contributed by atoms with van der Waals surface area (Å²) in [5, 5.41) is 4.94. The van der Waals surface area contributed by atoms with Crippen molar-refractivity contribution in [1.29, 1.82) is 0 Å². The smallest absolute Gasteiger partial charge is 0.261 e. The molecule has 6 nitrogen and oxygen atoms in total. The van der Waals surface area contributed by atoms with Gasteiger partial charge in [-0.2, -0.15) is 0 Å². The number of amides is 1. The number of carbonyl (C=O) groups excluding carboxylic acids is 1. The van der Waals surface area contributed by atoms with Crippen LogP contribution in [-0.2, 0) is 21.2 Å². The van der Waals surface area contributed by atoms with Crippen LogP contribution in [-0.4, -0.2) is 19.3 Å². The third-order valence-corrected chi connectivity index (χ3v) is 7.13. The minimum atomic E-state index is -3.77. The maximum Gasteiger partial charge on any atom is 0.261 e. The first-order valence-electron chi connectivity index (χ1n) is 10.9. The molecule has 1 amide bonds. The molecule has 0 fully saturated rings. The van der Waals surface area contributed by atoms with E-state index in [2.05, 4.69) is 39.0 Å². The second-order valence-electron chi connectivity index (χ2n) is 7.72. The number of carbonyl (C=O) groups is 1. The van der Waals surface area contributed by atoms with Gasteiger partial charge >= 0.3 is 0 Å². The minimum Gasteiger partial charge on any atom is -0.302 e. The van der Waals surface area contributed by atoms with Crippen LogP contribution in [0.15, 0.2) is 89.1 Å². The summed E-state index contributed by atoms with van der Waals surface area (Å²) in [6, 6.07) is 23.6. The lowest BCUT2D eigenvalue weighted by molar-refractivity contribution is -0.114. The average Bonchev–Trinajstić information content (AvgIpc) is 3.31. The fourth-order valence-corrected chi connectivity index (χ4v) is 5.12. The Morgan fingerprint density at radius 3 is 2.51 bits per heavy atom. The molecule has 0 saturated carbocycles. The molecule has 0 spiro atoms. The van der Waals surface area contributed by atoms with Crippen molar-refractivity contribution in [3.05, 3.63) is 95.4 Å². The SMILES string of the molecule is CC(=O)Nc1nc(-c2cccc(NS(=O)(=O)c3ccc(C#CCCc4ccccc4)cc3)c2)cs1. The largest absolute Gasteiger partial charge is 0.302 e. The summed E-state index contributed by atoms with van der Waals surface area (Å²) in [5.74, 6) is 6.03. The fourth-order valence-electron chi connectivity index (χ4n) is 3.30. The number of hydrogen-bond acceptors (Lipinski definition) is 5. The van der Waals surface area contributed by atoms with Crippen LogP contribution in [0.1, 0.15) is 24.5 Å². The maximum atomic E-state index is 12.9. The summed E-state index contributed by atoms with van der Waals surface area (Å²) in [6.45, 7) is 1.42. The number of nitrogens with one attached hydrogen (secondary N) is 2. The number of thiazole rings is 1. The summed E-state index contributed by atoms with van der Waals surface area (Å²) < 4.78 is 28.4. The summed E-state index contributed by atoms with van der Waals surface area (Å²) in [7, 11) is -3.77. The summed E-state index contributed by atoms with van der Waals surface area (Å²) >= 11 is 1.30. The molecule has 0 bridgehead atoms. The van der Waals surface area contributed by atoms with Gasteiger partial charge in [-0.05, 0) is 48.4 Å². The molecule has 1 heterocycles. The normalized spacial score (nSPS) is 10.8. The predicted molar refractivity (Wildman–Crippen MR) is 141 cm³/mol. The number of hydrogen-bond donors (Lipinski definition) is 2. The van der Waals surface area contributed by atoms with Crippen LogP contribution >= 0.6 is 11.3 Å². The molecule has 35 heavy (non-hydrogen) atoms. The highest BCUT2D eigenvalue weighted by atomic mass is 32.2. The average molecular weight is 502 g/mol. The predicted octanol–water partition coefficient (Wildman–Crippen LogP) is 5.55. The van der Waals surface area contributed by atoms with E-state index in [1.807, 2.05) is 24.3 Å². The van der Waals surface area contributed by atoms with Gasteiger partial charge < -0.3 is 5.32 Å². The Balaban J connectivity index is 1.41. The summed E-state index contributed by atoms with van der Waals surface area (Å²) in [6.07, 6.45) is 1.60. The molecule has 2 N–H and O–H groups in total. The number of rotatable bonds is 7. The van der Waals surface area contributed by atoms with Crippen LogP contribution in [0.2, 0.25) is 0 Å². The van der Waals surface area contributed by atoms with E-state index < -0.39 is 10.0 Å². The van der Waals surface area contributed by atoms with Gasteiger partial charge in [0.15, 0.2) is 5.13 Å². The molecule has 0 saturated heterocycles. The third-order valence-electron chi connectivity index (χ3n) is 4.98. The van der Waals surface area contributed by atoms with Crippen LogP contribution in [0.5, 0.6) is 0 Å². The maximum absolute atomic E-state index is 12.9. The van der Waals surface area contributed by atoms with Gasteiger partial charge in [0.25, 0.3) is 10.0 Å². The Morgan fingerprint density at radius 1 is 1.00 bits per heavy atom. The third kappa shape index (κ3) is 6.79. The zero-order valence-corrected chi connectivity index (χ0v) is 20.6. The van der Waals surface area contributed by atoms with E-state index in [9.17, 15) is 13.2 Å². The van der Waals surface area contributed by atoms with E-state index in [-0.39, 0.29) is 10.8 Å². The topological polar surface area (TPSA) is 88.2 Å². The highest BCUT2D eigenvalue weighted by molar-refractivity contribution is 7.92. The lowest BCUT2D eigenvalue weighted by Gasteiger charge is -2.09. The second kappa shape index (κ2) is 11.0. The van der Waals surface area contributed by atoms with Crippen molar-refractivity contribution >= 4 is 38.1 Å². The van der Waals surface area contributed by atoms with Crippen LogP contribution in [0.3, 0.4) is 0 Å². The molecule has 0 radical (unpaired) electrons. The van der Waals surface area contributed by atoms with Crippen molar-refractivity contribution in [2.24, 2.45) is 0 Å². The number of nitrogens with zero attached hydrogens (tertiary/aromatic N) is 1. The molecule has 4 rings (SSSR count). The molecule has 0 aliphatic heterocycles. The molecule has 3 aromatic carbocycles.